The lowest BCUT2D eigenvalue weighted by molar-refractivity contribution is 0.0305. The van der Waals surface area contributed by atoms with Crippen molar-refractivity contribution in [2.24, 2.45) is 0 Å². The summed E-state index contributed by atoms with van der Waals surface area (Å²) in [6.45, 7) is 0.647. The van der Waals surface area contributed by atoms with Crippen LogP contribution in [-0.4, -0.2) is 32.0 Å². The lowest BCUT2D eigenvalue weighted by atomic mass is 10.1. The fourth-order valence-corrected chi connectivity index (χ4v) is 3.92. The molecule has 5 heteroatoms. The molecule has 1 aliphatic rings. The van der Waals surface area contributed by atoms with Crippen molar-refractivity contribution >= 4 is 9.84 Å². The zero-order chi connectivity index (χ0) is 13.7. The zero-order valence-electron chi connectivity index (χ0n) is 10.9. The van der Waals surface area contributed by atoms with Gasteiger partial charge in [-0.2, -0.15) is 0 Å². The van der Waals surface area contributed by atoms with Crippen LogP contribution < -0.4 is 0 Å². The maximum atomic E-state index is 12.1. The highest BCUT2D eigenvalue weighted by Gasteiger charge is 2.22. The van der Waals surface area contributed by atoms with Crippen LogP contribution in [0.15, 0.2) is 24.3 Å². The molecule has 1 N–H and O–H groups in total. The third-order valence-corrected chi connectivity index (χ3v) is 4.96. The number of rotatable bonds is 5. The molecule has 1 fully saturated rings. The van der Waals surface area contributed by atoms with Gasteiger partial charge in [0.25, 0.3) is 0 Å². The molecule has 0 aromatic heterocycles. The van der Waals surface area contributed by atoms with E-state index >= 15 is 0 Å². The maximum Gasteiger partial charge on any atom is 0.156 e. The number of sulfone groups is 1. The van der Waals surface area contributed by atoms with Gasteiger partial charge in [-0.1, -0.05) is 24.3 Å². The fourth-order valence-electron chi connectivity index (χ4n) is 2.28. The molecule has 19 heavy (non-hydrogen) atoms. The predicted molar refractivity (Wildman–Crippen MR) is 73.4 cm³/mol. The van der Waals surface area contributed by atoms with Crippen molar-refractivity contribution in [3.05, 3.63) is 35.4 Å². The third-order valence-electron chi connectivity index (χ3n) is 3.31. The van der Waals surface area contributed by atoms with Gasteiger partial charge in [0.05, 0.1) is 24.2 Å². The van der Waals surface area contributed by atoms with E-state index in [0.29, 0.717) is 6.61 Å². The Morgan fingerprint density at radius 1 is 1.16 bits per heavy atom. The van der Waals surface area contributed by atoms with Gasteiger partial charge in [-0.3, -0.25) is 0 Å². The number of hydrogen-bond acceptors (Lipinski definition) is 4. The van der Waals surface area contributed by atoms with Gasteiger partial charge in [0.2, 0.25) is 0 Å². The summed E-state index contributed by atoms with van der Waals surface area (Å²) in [5, 5.41) is 8.94. The van der Waals surface area contributed by atoms with E-state index < -0.39 is 9.84 Å². The molecule has 1 heterocycles. The highest BCUT2D eigenvalue weighted by atomic mass is 32.2. The Kier molecular flexibility index (Phi) is 4.96. The second-order valence-electron chi connectivity index (χ2n) is 5.02. The molecule has 1 saturated heterocycles. The highest BCUT2D eigenvalue weighted by molar-refractivity contribution is 7.90. The van der Waals surface area contributed by atoms with E-state index in [-0.39, 0.29) is 24.2 Å². The summed E-state index contributed by atoms with van der Waals surface area (Å²) in [4.78, 5) is 0. The minimum atomic E-state index is -3.14. The molecule has 2 rings (SSSR count). The minimum absolute atomic E-state index is 0.0249. The first-order valence-electron chi connectivity index (χ1n) is 6.60. The van der Waals surface area contributed by atoms with E-state index in [1.165, 1.54) is 0 Å². The molecule has 4 nitrogen and oxygen atoms in total. The lowest BCUT2D eigenvalue weighted by Crippen LogP contribution is -2.28. The largest absolute Gasteiger partial charge is 0.392 e. The Morgan fingerprint density at radius 2 is 1.84 bits per heavy atom. The van der Waals surface area contributed by atoms with E-state index in [1.807, 2.05) is 0 Å². The molecule has 1 aromatic rings. The van der Waals surface area contributed by atoms with Crippen LogP contribution in [0.5, 0.6) is 0 Å². The molecule has 0 amide bonds. The van der Waals surface area contributed by atoms with Gasteiger partial charge in [0, 0.05) is 6.61 Å². The van der Waals surface area contributed by atoms with Crippen molar-refractivity contribution in [1.82, 2.24) is 0 Å². The molecule has 0 aliphatic carbocycles. The smallest absolute Gasteiger partial charge is 0.156 e. The quantitative estimate of drug-likeness (QED) is 0.893. The van der Waals surface area contributed by atoms with E-state index in [4.69, 9.17) is 9.84 Å². The van der Waals surface area contributed by atoms with Gasteiger partial charge >= 0.3 is 0 Å². The number of hydrogen-bond donors (Lipinski definition) is 1. The molecule has 0 spiro atoms. The molecule has 106 valence electrons. The molecule has 1 unspecified atom stereocenters. The monoisotopic (exact) mass is 284 g/mol. The van der Waals surface area contributed by atoms with Crippen LogP contribution in [0.1, 0.15) is 30.4 Å². The molecule has 0 radical (unpaired) electrons. The number of aliphatic hydroxyl groups excluding tert-OH is 1. The van der Waals surface area contributed by atoms with Crippen LogP contribution in [0.25, 0.3) is 0 Å². The van der Waals surface area contributed by atoms with E-state index in [2.05, 4.69) is 0 Å². The lowest BCUT2D eigenvalue weighted by Gasteiger charge is -2.22. The summed E-state index contributed by atoms with van der Waals surface area (Å²) < 4.78 is 29.7. The Balaban J connectivity index is 1.95. The summed E-state index contributed by atoms with van der Waals surface area (Å²) in [5.74, 6) is 0.146. The number of aliphatic hydroxyl groups is 1. The van der Waals surface area contributed by atoms with Crippen LogP contribution >= 0.6 is 0 Å². The highest BCUT2D eigenvalue weighted by Crippen LogP contribution is 2.17. The summed E-state index contributed by atoms with van der Waals surface area (Å²) in [6, 6.07) is 7.01. The summed E-state index contributed by atoms with van der Waals surface area (Å²) in [6.07, 6.45) is 2.77. The van der Waals surface area contributed by atoms with Gasteiger partial charge in [0.1, 0.15) is 0 Å². The Labute approximate surface area is 114 Å². The van der Waals surface area contributed by atoms with Crippen LogP contribution in [0, 0.1) is 0 Å². The normalized spacial score (nSPS) is 20.4. The van der Waals surface area contributed by atoms with Gasteiger partial charge in [-0.05, 0) is 30.4 Å². The molecule has 0 bridgehead atoms. The summed E-state index contributed by atoms with van der Waals surface area (Å²) >= 11 is 0. The Hall–Kier alpha value is -0.910. The SMILES string of the molecule is O=S(=O)(Cc1ccc(CO)cc1)CC1CCCCO1. The maximum absolute atomic E-state index is 12.1. The van der Waals surface area contributed by atoms with E-state index in [1.54, 1.807) is 24.3 Å². The second kappa shape index (κ2) is 6.50. The van der Waals surface area contributed by atoms with Crippen LogP contribution in [-0.2, 0) is 26.9 Å². The minimum Gasteiger partial charge on any atom is -0.392 e. The van der Waals surface area contributed by atoms with Crippen molar-refractivity contribution < 1.29 is 18.3 Å². The van der Waals surface area contributed by atoms with E-state index in [0.717, 1.165) is 30.4 Å². The third kappa shape index (κ3) is 4.60. The molecular formula is C14H20O4S. The Morgan fingerprint density at radius 3 is 2.42 bits per heavy atom. The van der Waals surface area contributed by atoms with Crippen LogP contribution in [0.2, 0.25) is 0 Å². The first kappa shape index (κ1) is 14.5. The molecule has 1 aromatic carbocycles. The zero-order valence-corrected chi connectivity index (χ0v) is 11.7. The first-order chi connectivity index (χ1) is 9.09. The summed E-state index contributed by atoms with van der Waals surface area (Å²) in [5.41, 5.74) is 1.55. The van der Waals surface area contributed by atoms with Crippen molar-refractivity contribution in [2.75, 3.05) is 12.4 Å². The van der Waals surface area contributed by atoms with E-state index in [9.17, 15) is 8.42 Å². The molecular weight excluding hydrogens is 264 g/mol. The second-order valence-corrected chi connectivity index (χ2v) is 7.13. The van der Waals surface area contributed by atoms with Gasteiger partial charge < -0.3 is 9.84 Å². The summed E-state index contributed by atoms with van der Waals surface area (Å²) in [7, 11) is -3.14. The van der Waals surface area contributed by atoms with Crippen molar-refractivity contribution in [3.63, 3.8) is 0 Å². The molecule has 1 aliphatic heterocycles. The van der Waals surface area contributed by atoms with Crippen LogP contribution in [0.4, 0.5) is 0 Å². The van der Waals surface area contributed by atoms with Crippen molar-refractivity contribution in [2.45, 2.75) is 37.7 Å². The topological polar surface area (TPSA) is 63.6 Å². The number of benzene rings is 1. The standard InChI is InChI=1S/C14H20O4S/c15-9-12-4-6-13(7-5-12)10-19(16,17)11-14-3-1-2-8-18-14/h4-7,14-15H,1-3,8-11H2. The van der Waals surface area contributed by atoms with Gasteiger partial charge in [-0.25, -0.2) is 8.42 Å². The van der Waals surface area contributed by atoms with Crippen molar-refractivity contribution in [1.29, 1.82) is 0 Å². The molecule has 0 saturated carbocycles. The predicted octanol–water partition coefficient (Wildman–Crippen LogP) is 1.66. The Bertz CT molecular complexity index is 487. The molecule has 1 atom stereocenters. The fraction of sp³-hybridized carbons (Fsp3) is 0.571. The average Bonchev–Trinajstić information content (AvgIpc) is 2.39. The van der Waals surface area contributed by atoms with Crippen LogP contribution in [0.3, 0.4) is 0 Å². The van der Waals surface area contributed by atoms with Gasteiger partial charge in [0.15, 0.2) is 9.84 Å². The first-order valence-corrected chi connectivity index (χ1v) is 8.42. The number of ether oxygens (including phenoxy) is 1. The average molecular weight is 284 g/mol. The van der Waals surface area contributed by atoms with Crippen molar-refractivity contribution in [3.8, 4) is 0 Å². The van der Waals surface area contributed by atoms with Gasteiger partial charge in [-0.15, -0.1) is 0 Å².